The van der Waals surface area contributed by atoms with Crippen molar-refractivity contribution in [1.82, 2.24) is 9.88 Å². The summed E-state index contributed by atoms with van der Waals surface area (Å²) in [6, 6.07) is 0. The Morgan fingerprint density at radius 1 is 1.50 bits per heavy atom. The topological polar surface area (TPSA) is 16.1 Å². The largest absolute Gasteiger partial charge is 0.303 e. The van der Waals surface area contributed by atoms with Gasteiger partial charge in [-0.3, -0.25) is 0 Å². The second kappa shape index (κ2) is 6.03. The molecule has 1 saturated heterocycles. The first-order valence-corrected chi connectivity index (χ1v) is 7.55. The van der Waals surface area contributed by atoms with Gasteiger partial charge in [0.15, 0.2) is 0 Å². The van der Waals surface area contributed by atoms with Crippen LogP contribution < -0.4 is 0 Å². The summed E-state index contributed by atoms with van der Waals surface area (Å²) in [5, 5.41) is 3.39. The molecule has 0 radical (unpaired) electrons. The number of hydrogen-bond acceptors (Lipinski definition) is 4. The van der Waals surface area contributed by atoms with Crippen molar-refractivity contribution in [3.8, 4) is 0 Å². The number of thiazole rings is 1. The highest BCUT2D eigenvalue weighted by Crippen LogP contribution is 2.17. The highest BCUT2D eigenvalue weighted by Gasteiger charge is 2.15. The van der Waals surface area contributed by atoms with Crippen LogP contribution in [0.1, 0.15) is 30.5 Å². The van der Waals surface area contributed by atoms with Crippen LogP contribution in [0.5, 0.6) is 0 Å². The second-order valence-corrected chi connectivity index (χ2v) is 5.92. The van der Waals surface area contributed by atoms with E-state index in [0.717, 1.165) is 23.8 Å². The van der Waals surface area contributed by atoms with Crippen molar-refractivity contribution in [1.29, 1.82) is 0 Å². The van der Waals surface area contributed by atoms with E-state index in [9.17, 15) is 0 Å². The predicted molar refractivity (Wildman–Crippen MR) is 73.3 cm³/mol. The van der Waals surface area contributed by atoms with Crippen molar-refractivity contribution >= 4 is 24.0 Å². The van der Waals surface area contributed by atoms with Crippen LogP contribution in [0.15, 0.2) is 5.38 Å². The summed E-state index contributed by atoms with van der Waals surface area (Å²) in [6.07, 6.45) is 3.83. The fourth-order valence-electron chi connectivity index (χ4n) is 2.08. The van der Waals surface area contributed by atoms with E-state index >= 15 is 0 Å². The first-order valence-electron chi connectivity index (χ1n) is 6.04. The van der Waals surface area contributed by atoms with Gasteiger partial charge in [0.1, 0.15) is 0 Å². The molecule has 90 valence electrons. The molecule has 0 amide bonds. The zero-order valence-electron chi connectivity index (χ0n) is 9.85. The molecule has 0 unspecified atom stereocenters. The Bertz CT molecular complexity index is 317. The quantitative estimate of drug-likeness (QED) is 0.834. The van der Waals surface area contributed by atoms with Gasteiger partial charge in [0, 0.05) is 24.1 Å². The van der Waals surface area contributed by atoms with Gasteiger partial charge < -0.3 is 4.90 Å². The monoisotopic (exact) mass is 256 g/mol. The predicted octanol–water partition coefficient (Wildman–Crippen LogP) is 2.85. The van der Waals surface area contributed by atoms with E-state index in [-0.39, 0.29) is 0 Å². The fraction of sp³-hybridized carbons (Fsp3) is 0.750. The van der Waals surface area contributed by atoms with Crippen LogP contribution in [0, 0.1) is 5.92 Å². The van der Waals surface area contributed by atoms with Crippen molar-refractivity contribution in [2.75, 3.05) is 19.6 Å². The molecule has 0 aromatic carbocycles. The highest BCUT2D eigenvalue weighted by atomic mass is 32.1. The summed E-state index contributed by atoms with van der Waals surface area (Å²) < 4.78 is 0. The molecular formula is C12H20N2S2. The van der Waals surface area contributed by atoms with Gasteiger partial charge in [-0.25, -0.2) is 4.98 Å². The summed E-state index contributed by atoms with van der Waals surface area (Å²) in [7, 11) is 0. The average Bonchev–Trinajstić information content (AvgIpc) is 2.76. The van der Waals surface area contributed by atoms with E-state index in [0.29, 0.717) is 0 Å². The molecule has 0 spiro atoms. The minimum atomic E-state index is 0.762. The van der Waals surface area contributed by atoms with E-state index in [1.807, 2.05) is 0 Å². The van der Waals surface area contributed by atoms with Gasteiger partial charge in [-0.1, -0.05) is 6.92 Å². The Morgan fingerprint density at radius 2 is 2.25 bits per heavy atom. The van der Waals surface area contributed by atoms with Crippen molar-refractivity contribution in [2.45, 2.75) is 31.9 Å². The van der Waals surface area contributed by atoms with Gasteiger partial charge >= 0.3 is 0 Å². The number of nitrogens with zero attached hydrogens (tertiary/aromatic N) is 2. The first-order chi connectivity index (χ1) is 7.78. The van der Waals surface area contributed by atoms with Gasteiger partial charge in [0.25, 0.3) is 0 Å². The standard InChI is InChI=1S/C12H20N2S2/c1-10-2-5-14(6-3-10)7-4-12-13-11(8-15)9-16-12/h9-10,15H,2-8H2,1H3. The molecule has 1 fully saturated rings. The SMILES string of the molecule is CC1CCN(CCc2nc(CS)cs2)CC1. The van der Waals surface area contributed by atoms with E-state index in [1.165, 1.54) is 37.5 Å². The number of piperidine rings is 1. The maximum atomic E-state index is 4.54. The molecule has 2 nitrogen and oxygen atoms in total. The summed E-state index contributed by atoms with van der Waals surface area (Å²) >= 11 is 6.01. The Balaban J connectivity index is 1.74. The molecule has 0 aliphatic carbocycles. The third kappa shape index (κ3) is 3.47. The van der Waals surface area contributed by atoms with Crippen molar-refractivity contribution in [2.24, 2.45) is 5.92 Å². The molecule has 4 heteroatoms. The molecule has 0 atom stereocenters. The lowest BCUT2D eigenvalue weighted by atomic mass is 9.99. The smallest absolute Gasteiger partial charge is 0.0941 e. The molecule has 1 aromatic rings. The molecule has 0 N–H and O–H groups in total. The first kappa shape index (κ1) is 12.4. The normalized spacial score (nSPS) is 19.1. The molecule has 0 bridgehead atoms. The molecule has 1 aliphatic rings. The van der Waals surface area contributed by atoms with Crippen LogP contribution in [0.2, 0.25) is 0 Å². The van der Waals surface area contributed by atoms with Crippen LogP contribution >= 0.6 is 24.0 Å². The summed E-state index contributed by atoms with van der Waals surface area (Å²) in [6.45, 7) is 6.07. The number of likely N-dealkylation sites (tertiary alicyclic amines) is 1. The maximum Gasteiger partial charge on any atom is 0.0941 e. The lowest BCUT2D eigenvalue weighted by molar-refractivity contribution is 0.194. The van der Waals surface area contributed by atoms with Crippen molar-refractivity contribution in [3.63, 3.8) is 0 Å². The second-order valence-electron chi connectivity index (χ2n) is 4.66. The molecular weight excluding hydrogens is 236 g/mol. The van der Waals surface area contributed by atoms with Crippen LogP contribution in [0.3, 0.4) is 0 Å². The number of hydrogen-bond donors (Lipinski definition) is 1. The van der Waals surface area contributed by atoms with Gasteiger partial charge in [0.2, 0.25) is 0 Å². The van der Waals surface area contributed by atoms with Crippen LogP contribution in [0.25, 0.3) is 0 Å². The Labute approximate surface area is 107 Å². The maximum absolute atomic E-state index is 4.54. The van der Waals surface area contributed by atoms with Crippen LogP contribution in [-0.4, -0.2) is 29.5 Å². The van der Waals surface area contributed by atoms with E-state index in [4.69, 9.17) is 0 Å². The number of thiol groups is 1. The zero-order valence-corrected chi connectivity index (χ0v) is 11.6. The summed E-state index contributed by atoms with van der Waals surface area (Å²) in [5.41, 5.74) is 1.12. The minimum Gasteiger partial charge on any atom is -0.303 e. The van der Waals surface area contributed by atoms with Crippen LogP contribution in [0.4, 0.5) is 0 Å². The van der Waals surface area contributed by atoms with Crippen molar-refractivity contribution < 1.29 is 0 Å². The van der Waals surface area contributed by atoms with Gasteiger partial charge in [-0.05, 0) is 31.8 Å². The van der Waals surface area contributed by atoms with Crippen LogP contribution in [-0.2, 0) is 12.2 Å². The Hall–Kier alpha value is -0.0600. The molecule has 0 saturated carbocycles. The van der Waals surface area contributed by atoms with Crippen molar-refractivity contribution in [3.05, 3.63) is 16.1 Å². The third-order valence-electron chi connectivity index (χ3n) is 3.28. The van der Waals surface area contributed by atoms with Gasteiger partial charge in [-0.2, -0.15) is 12.6 Å². The fourth-order valence-corrected chi connectivity index (χ4v) is 3.15. The third-order valence-corrected chi connectivity index (χ3v) is 4.56. The summed E-state index contributed by atoms with van der Waals surface area (Å²) in [5.74, 6) is 1.68. The summed E-state index contributed by atoms with van der Waals surface area (Å²) in [4.78, 5) is 7.11. The van der Waals surface area contributed by atoms with Gasteiger partial charge in [-0.15, -0.1) is 11.3 Å². The lowest BCUT2D eigenvalue weighted by Crippen LogP contribution is -2.34. The number of rotatable bonds is 4. The Kier molecular flexibility index (Phi) is 4.67. The Morgan fingerprint density at radius 3 is 2.88 bits per heavy atom. The molecule has 1 aliphatic heterocycles. The average molecular weight is 256 g/mol. The zero-order chi connectivity index (χ0) is 11.4. The van der Waals surface area contributed by atoms with E-state index < -0.39 is 0 Å². The molecule has 2 rings (SSSR count). The molecule has 1 aromatic heterocycles. The van der Waals surface area contributed by atoms with E-state index in [1.54, 1.807) is 11.3 Å². The van der Waals surface area contributed by atoms with Gasteiger partial charge in [0.05, 0.1) is 10.7 Å². The molecule has 2 heterocycles. The number of aromatic nitrogens is 1. The molecule has 16 heavy (non-hydrogen) atoms. The minimum absolute atomic E-state index is 0.762. The highest BCUT2D eigenvalue weighted by molar-refractivity contribution is 7.79. The van der Waals surface area contributed by atoms with E-state index in [2.05, 4.69) is 34.8 Å². The lowest BCUT2D eigenvalue weighted by Gasteiger charge is -2.29.